The summed E-state index contributed by atoms with van der Waals surface area (Å²) in [6.45, 7) is 0.477. The molecule has 2 aliphatic heterocycles. The van der Waals surface area contributed by atoms with Crippen molar-refractivity contribution in [2.75, 3.05) is 13.1 Å². The fraction of sp³-hybridized carbons (Fsp3) is 0.434. The van der Waals surface area contributed by atoms with Crippen molar-refractivity contribution in [2.45, 2.75) is 114 Å². The number of hydrogen-bond acceptors (Lipinski definition) is 12. The van der Waals surface area contributed by atoms with Gasteiger partial charge in [0.05, 0.1) is 24.2 Å². The number of nitrogens with two attached hydrogens (primary N) is 2. The number of Topliss-reactive ketones (excluding diaryl/α,β-unsaturated/α-hetero) is 1. The smallest absolute Gasteiger partial charge is 0.251 e. The molecule has 70 heavy (non-hydrogen) atoms. The number of carbonyl (C=O) groups excluding carboxylic acids is 6. The van der Waals surface area contributed by atoms with Gasteiger partial charge in [-0.05, 0) is 117 Å². The van der Waals surface area contributed by atoms with Gasteiger partial charge < -0.3 is 26.6 Å². The van der Waals surface area contributed by atoms with E-state index in [9.17, 15) is 37.5 Å². The Morgan fingerprint density at radius 3 is 1.50 bits per heavy atom. The highest BCUT2D eigenvalue weighted by atomic mass is 32.1. The van der Waals surface area contributed by atoms with Gasteiger partial charge in [0, 0.05) is 58.6 Å². The summed E-state index contributed by atoms with van der Waals surface area (Å²) < 4.78 is 27.2. The van der Waals surface area contributed by atoms with E-state index in [2.05, 4.69) is 15.3 Å². The first-order chi connectivity index (χ1) is 33.8. The second kappa shape index (κ2) is 21.6. The lowest BCUT2D eigenvalue weighted by Gasteiger charge is -2.32. The first-order valence-electron chi connectivity index (χ1n) is 24.4. The third kappa shape index (κ3) is 10.9. The van der Waals surface area contributed by atoms with E-state index < -0.39 is 41.8 Å². The van der Waals surface area contributed by atoms with E-state index in [1.54, 1.807) is 44.8 Å². The Morgan fingerprint density at radius 2 is 1.01 bits per heavy atom. The number of likely N-dealkylation sites (tertiary alicyclic amines) is 2. The van der Waals surface area contributed by atoms with Gasteiger partial charge in [-0.2, -0.15) is 0 Å². The fourth-order valence-electron chi connectivity index (χ4n) is 10.8. The molecule has 2 saturated carbocycles. The quantitative estimate of drug-likeness (QED) is 0.0857. The van der Waals surface area contributed by atoms with E-state index >= 15 is 0 Å². The summed E-state index contributed by atoms with van der Waals surface area (Å²) in [5, 5.41) is 7.47. The maximum atomic E-state index is 14.2. The zero-order valence-electron chi connectivity index (χ0n) is 38.8. The van der Waals surface area contributed by atoms with Gasteiger partial charge >= 0.3 is 0 Å². The second-order valence-corrected chi connectivity index (χ2v) is 21.2. The van der Waals surface area contributed by atoms with E-state index in [0.717, 1.165) is 64.2 Å². The molecule has 0 bridgehead atoms. The van der Waals surface area contributed by atoms with Gasteiger partial charge in [-0.15, -0.1) is 22.7 Å². The Hall–Kier alpha value is -5.88. The summed E-state index contributed by atoms with van der Waals surface area (Å²) >= 11 is 2.52. The van der Waals surface area contributed by atoms with Crippen molar-refractivity contribution in [3.05, 3.63) is 139 Å². The molecule has 2 aliphatic carbocycles. The second-order valence-electron chi connectivity index (χ2n) is 19.4. The molecule has 3 amide bonds. The molecular weight excluding hydrogens is 933 g/mol. The summed E-state index contributed by atoms with van der Waals surface area (Å²) in [5.74, 6) is -2.72. The highest BCUT2D eigenvalue weighted by Crippen LogP contribution is 2.41. The van der Waals surface area contributed by atoms with Gasteiger partial charge in [0.2, 0.25) is 23.4 Å². The Kier molecular flexibility index (Phi) is 15.2. The molecule has 4 fully saturated rings. The molecule has 0 spiro atoms. The van der Waals surface area contributed by atoms with Crippen molar-refractivity contribution in [3.63, 3.8) is 0 Å². The van der Waals surface area contributed by atoms with Crippen LogP contribution in [-0.2, 0) is 9.59 Å². The molecule has 3 aromatic carbocycles. The van der Waals surface area contributed by atoms with Crippen LogP contribution in [0.25, 0.3) is 0 Å². The number of carbonyl (C=O) groups is 6. The summed E-state index contributed by atoms with van der Waals surface area (Å²) in [6.07, 6.45) is 10.7. The van der Waals surface area contributed by atoms with Crippen molar-refractivity contribution in [2.24, 2.45) is 29.2 Å². The molecular formula is C53H57F2N7O6S2. The number of nitrogens with zero attached hydrogens (tertiary/aromatic N) is 4. The van der Waals surface area contributed by atoms with Gasteiger partial charge in [-0.3, -0.25) is 28.8 Å². The van der Waals surface area contributed by atoms with Crippen LogP contribution in [0.15, 0.2) is 83.6 Å². The number of rotatable bonds is 15. The van der Waals surface area contributed by atoms with Gasteiger partial charge in [0.1, 0.15) is 33.0 Å². The molecule has 9 rings (SSSR count). The summed E-state index contributed by atoms with van der Waals surface area (Å²) in [7, 11) is 0. The van der Waals surface area contributed by atoms with E-state index in [4.69, 9.17) is 11.5 Å². The topological polar surface area (TPSA) is 199 Å². The predicted molar refractivity (Wildman–Crippen MR) is 261 cm³/mol. The number of halogens is 2. The molecule has 0 radical (unpaired) electrons. The summed E-state index contributed by atoms with van der Waals surface area (Å²) in [5.41, 5.74) is 15.0. The molecule has 4 heterocycles. The van der Waals surface area contributed by atoms with Crippen LogP contribution in [0.5, 0.6) is 0 Å². The fourth-order valence-corrected chi connectivity index (χ4v) is 12.6. The van der Waals surface area contributed by atoms with Gasteiger partial charge in [0.25, 0.3) is 5.91 Å². The molecule has 5 aromatic rings. The SMILES string of the molecule is N[C@H](C(=O)N1C[C@@H](CC(=O)c2ccc(C(=O)N[C@H]3C[C@@H](c4nc(C(=O)c5ccc(F)cc5)cs4)N(C(=O)[C@@H](N)C4CCCCC4)C3)cc2)C[C@H]1c1nc(C(=O)c2ccc(F)cc2)cs1)C1CCCCC1. The number of hydrogen-bond donors (Lipinski definition) is 3. The summed E-state index contributed by atoms with van der Waals surface area (Å²) in [4.78, 5) is 95.4. The monoisotopic (exact) mass is 989 g/mol. The molecule has 6 atom stereocenters. The lowest BCUT2D eigenvalue weighted by Crippen LogP contribution is -2.49. The minimum Gasteiger partial charge on any atom is -0.347 e. The van der Waals surface area contributed by atoms with Gasteiger partial charge in [-0.25, -0.2) is 18.7 Å². The molecule has 2 aromatic heterocycles. The molecule has 13 nitrogen and oxygen atoms in total. The first kappa shape index (κ1) is 49.1. The molecule has 2 saturated heterocycles. The third-order valence-electron chi connectivity index (χ3n) is 14.7. The average Bonchev–Trinajstić information content (AvgIpc) is 4.23. The number of amides is 3. The molecule has 5 N–H and O–H groups in total. The Labute approximate surface area is 413 Å². The van der Waals surface area contributed by atoms with Crippen LogP contribution in [0.1, 0.15) is 158 Å². The van der Waals surface area contributed by atoms with E-state index in [1.807, 2.05) is 0 Å². The standard InChI is InChI=1S/C53H57F2N7O6S2/c54-37-19-15-34(16-20-37)47(64)40-28-69-50(59-40)42-23-30(26-61(42)52(67)45(56)32-7-3-1-4-8-32)24-44(63)31-11-13-36(14-12-31)49(66)58-39-25-43(62(27-39)53(68)46(57)33-9-5-2-6-10-33)51-60-41(29-70-51)48(65)35-17-21-38(55)22-18-35/h11-22,28-30,32-33,39,42-43,45-46H,1-10,23-27,56-57H2,(H,58,66)/t30-,39+,42+,43+,45+,46+/m1/s1. The van der Waals surface area contributed by atoms with Crippen LogP contribution in [-0.4, -0.2) is 86.1 Å². The van der Waals surface area contributed by atoms with Crippen LogP contribution < -0.4 is 16.8 Å². The zero-order chi connectivity index (χ0) is 49.1. The minimum atomic E-state index is -0.717. The number of thiazole rings is 2. The van der Waals surface area contributed by atoms with Crippen molar-refractivity contribution in [3.8, 4) is 0 Å². The van der Waals surface area contributed by atoms with Crippen molar-refractivity contribution < 1.29 is 37.5 Å². The maximum absolute atomic E-state index is 14.2. The van der Waals surface area contributed by atoms with Crippen LogP contribution >= 0.6 is 22.7 Å². The minimum absolute atomic E-state index is 0.0444. The summed E-state index contributed by atoms with van der Waals surface area (Å²) in [6, 6.07) is 14.0. The zero-order valence-corrected chi connectivity index (χ0v) is 40.4. The van der Waals surface area contributed by atoms with Crippen LogP contribution in [0.4, 0.5) is 8.78 Å². The Bertz CT molecular complexity index is 2530. The van der Waals surface area contributed by atoms with Crippen LogP contribution in [0.2, 0.25) is 0 Å². The third-order valence-corrected chi connectivity index (χ3v) is 16.6. The molecule has 4 aliphatic rings. The Balaban J connectivity index is 0.867. The maximum Gasteiger partial charge on any atom is 0.251 e. The lowest BCUT2D eigenvalue weighted by atomic mass is 9.83. The normalized spacial score (nSPS) is 21.9. The van der Waals surface area contributed by atoms with Crippen molar-refractivity contribution in [1.82, 2.24) is 25.1 Å². The predicted octanol–water partition coefficient (Wildman–Crippen LogP) is 8.39. The molecule has 17 heteroatoms. The van der Waals surface area contributed by atoms with Crippen molar-refractivity contribution in [1.29, 1.82) is 0 Å². The highest BCUT2D eigenvalue weighted by molar-refractivity contribution is 7.10. The molecule has 0 unspecified atom stereocenters. The molecule has 366 valence electrons. The van der Waals surface area contributed by atoms with Crippen LogP contribution in [0.3, 0.4) is 0 Å². The van der Waals surface area contributed by atoms with Crippen LogP contribution in [0, 0.1) is 29.4 Å². The largest absolute Gasteiger partial charge is 0.347 e. The lowest BCUT2D eigenvalue weighted by molar-refractivity contribution is -0.136. The van der Waals surface area contributed by atoms with Gasteiger partial charge in [-0.1, -0.05) is 50.7 Å². The number of ketones is 3. The van der Waals surface area contributed by atoms with Crippen molar-refractivity contribution >= 4 is 57.7 Å². The van der Waals surface area contributed by atoms with E-state index in [0.29, 0.717) is 39.5 Å². The first-order valence-corrected chi connectivity index (χ1v) is 26.1. The number of nitrogens with one attached hydrogen (secondary N) is 1. The highest BCUT2D eigenvalue weighted by Gasteiger charge is 2.44. The number of aromatic nitrogens is 2. The van der Waals surface area contributed by atoms with E-state index in [-0.39, 0.29) is 89.3 Å². The number of benzene rings is 3. The van der Waals surface area contributed by atoms with E-state index in [1.165, 1.54) is 71.2 Å². The Morgan fingerprint density at radius 1 is 0.586 bits per heavy atom. The average molecular weight is 990 g/mol. The van der Waals surface area contributed by atoms with Gasteiger partial charge in [0.15, 0.2) is 5.78 Å².